The second-order valence-electron chi connectivity index (χ2n) is 5.14. The number of aliphatic hydroxyl groups is 1. The van der Waals surface area contributed by atoms with E-state index >= 15 is 0 Å². The Morgan fingerprint density at radius 1 is 1.32 bits per heavy atom. The molecule has 2 N–H and O–H groups in total. The van der Waals surface area contributed by atoms with Gasteiger partial charge in [0.05, 0.1) is 12.2 Å². The van der Waals surface area contributed by atoms with Gasteiger partial charge in [-0.3, -0.25) is 4.90 Å². The minimum atomic E-state index is -0.892. The number of carboxylic acid groups (broad SMARTS) is 1. The smallest absolute Gasteiger partial charge is 0.335 e. The summed E-state index contributed by atoms with van der Waals surface area (Å²) < 4.78 is 0. The van der Waals surface area contributed by atoms with Gasteiger partial charge in [-0.25, -0.2) is 4.79 Å². The Kier molecular flexibility index (Phi) is 4.93. The molecule has 0 unspecified atom stereocenters. The van der Waals surface area contributed by atoms with E-state index in [0.717, 1.165) is 5.56 Å². The van der Waals surface area contributed by atoms with Crippen LogP contribution < -0.4 is 0 Å². The molecule has 1 fully saturated rings. The SMILES string of the molecule is O=C(O)c1cccc(CN(CCO)C2CCCC2)c1. The van der Waals surface area contributed by atoms with E-state index in [0.29, 0.717) is 24.7 Å². The van der Waals surface area contributed by atoms with Gasteiger partial charge in [0.15, 0.2) is 0 Å². The summed E-state index contributed by atoms with van der Waals surface area (Å²) in [5, 5.41) is 18.2. The molecule has 19 heavy (non-hydrogen) atoms. The Balaban J connectivity index is 2.07. The zero-order valence-electron chi connectivity index (χ0n) is 11.1. The Bertz CT molecular complexity index is 427. The van der Waals surface area contributed by atoms with Crippen LogP contribution >= 0.6 is 0 Å². The van der Waals surface area contributed by atoms with Gasteiger partial charge in [0.1, 0.15) is 0 Å². The lowest BCUT2D eigenvalue weighted by molar-refractivity contribution is 0.0696. The van der Waals surface area contributed by atoms with Crippen molar-refractivity contribution >= 4 is 5.97 Å². The number of hydrogen-bond acceptors (Lipinski definition) is 3. The van der Waals surface area contributed by atoms with Crippen molar-refractivity contribution in [3.63, 3.8) is 0 Å². The first kappa shape index (κ1) is 14.0. The number of nitrogens with zero attached hydrogens (tertiary/aromatic N) is 1. The highest BCUT2D eigenvalue weighted by Crippen LogP contribution is 2.24. The van der Waals surface area contributed by atoms with Gasteiger partial charge in [-0.2, -0.15) is 0 Å². The van der Waals surface area contributed by atoms with Crippen LogP contribution in [0.25, 0.3) is 0 Å². The van der Waals surface area contributed by atoms with Crippen molar-refractivity contribution in [1.82, 2.24) is 4.90 Å². The largest absolute Gasteiger partial charge is 0.478 e. The van der Waals surface area contributed by atoms with Gasteiger partial charge in [-0.1, -0.05) is 25.0 Å². The summed E-state index contributed by atoms with van der Waals surface area (Å²) in [6.45, 7) is 1.52. The van der Waals surface area contributed by atoms with Gasteiger partial charge in [-0.15, -0.1) is 0 Å². The minimum Gasteiger partial charge on any atom is -0.478 e. The molecule has 0 radical (unpaired) electrons. The predicted molar refractivity (Wildman–Crippen MR) is 73.2 cm³/mol. The summed E-state index contributed by atoms with van der Waals surface area (Å²) in [6, 6.07) is 7.59. The average Bonchev–Trinajstić information content (AvgIpc) is 2.92. The molecule has 0 saturated heterocycles. The highest BCUT2D eigenvalue weighted by molar-refractivity contribution is 5.87. The molecule has 0 atom stereocenters. The Morgan fingerprint density at radius 2 is 2.05 bits per heavy atom. The Morgan fingerprint density at radius 3 is 2.68 bits per heavy atom. The van der Waals surface area contributed by atoms with E-state index in [4.69, 9.17) is 5.11 Å². The zero-order chi connectivity index (χ0) is 13.7. The highest BCUT2D eigenvalue weighted by Gasteiger charge is 2.22. The molecule has 0 spiro atoms. The van der Waals surface area contributed by atoms with Crippen molar-refractivity contribution in [3.8, 4) is 0 Å². The van der Waals surface area contributed by atoms with Crippen LogP contribution in [0.15, 0.2) is 24.3 Å². The summed E-state index contributed by atoms with van der Waals surface area (Å²) in [6.07, 6.45) is 4.86. The second-order valence-corrected chi connectivity index (χ2v) is 5.14. The van der Waals surface area contributed by atoms with Crippen LogP contribution in [0.5, 0.6) is 0 Å². The van der Waals surface area contributed by atoms with Crippen LogP contribution in [0.2, 0.25) is 0 Å². The maximum atomic E-state index is 11.0. The summed E-state index contributed by atoms with van der Waals surface area (Å²) >= 11 is 0. The topological polar surface area (TPSA) is 60.8 Å². The molecule has 1 aliphatic carbocycles. The molecule has 0 aliphatic heterocycles. The van der Waals surface area contributed by atoms with Gasteiger partial charge in [0.2, 0.25) is 0 Å². The van der Waals surface area contributed by atoms with E-state index in [9.17, 15) is 9.90 Å². The van der Waals surface area contributed by atoms with Crippen molar-refractivity contribution < 1.29 is 15.0 Å². The molecule has 1 aliphatic rings. The summed E-state index contributed by atoms with van der Waals surface area (Å²) in [5.74, 6) is -0.892. The second kappa shape index (κ2) is 6.68. The Labute approximate surface area is 113 Å². The molecule has 1 aromatic carbocycles. The molecule has 1 saturated carbocycles. The maximum absolute atomic E-state index is 11.0. The van der Waals surface area contributed by atoms with E-state index in [-0.39, 0.29) is 6.61 Å². The molecule has 0 aromatic heterocycles. The first-order valence-electron chi connectivity index (χ1n) is 6.88. The summed E-state index contributed by atoms with van der Waals surface area (Å²) in [7, 11) is 0. The van der Waals surface area contributed by atoms with E-state index in [1.54, 1.807) is 18.2 Å². The molecular weight excluding hydrogens is 242 g/mol. The first-order chi connectivity index (χ1) is 9.20. The Hall–Kier alpha value is -1.39. The number of carbonyl (C=O) groups is 1. The molecular formula is C15H21NO3. The fourth-order valence-corrected chi connectivity index (χ4v) is 2.83. The van der Waals surface area contributed by atoms with Crippen LogP contribution in [0, 0.1) is 0 Å². The molecule has 0 heterocycles. The van der Waals surface area contributed by atoms with E-state index < -0.39 is 5.97 Å². The van der Waals surface area contributed by atoms with Crippen LogP contribution in [-0.2, 0) is 6.54 Å². The number of carboxylic acids is 1. The van der Waals surface area contributed by atoms with Crippen molar-refractivity contribution in [3.05, 3.63) is 35.4 Å². The van der Waals surface area contributed by atoms with Gasteiger partial charge in [0.25, 0.3) is 0 Å². The van der Waals surface area contributed by atoms with Gasteiger partial charge < -0.3 is 10.2 Å². The fraction of sp³-hybridized carbons (Fsp3) is 0.533. The van der Waals surface area contributed by atoms with E-state index in [1.807, 2.05) is 6.07 Å². The van der Waals surface area contributed by atoms with Crippen LogP contribution in [-0.4, -0.2) is 40.3 Å². The van der Waals surface area contributed by atoms with Crippen molar-refractivity contribution in [2.24, 2.45) is 0 Å². The van der Waals surface area contributed by atoms with Gasteiger partial charge in [-0.05, 0) is 30.5 Å². The van der Waals surface area contributed by atoms with Crippen molar-refractivity contribution in [1.29, 1.82) is 0 Å². The number of hydrogen-bond donors (Lipinski definition) is 2. The van der Waals surface area contributed by atoms with E-state index in [1.165, 1.54) is 25.7 Å². The minimum absolute atomic E-state index is 0.148. The first-order valence-corrected chi connectivity index (χ1v) is 6.88. The lowest BCUT2D eigenvalue weighted by atomic mass is 10.1. The number of aromatic carboxylic acids is 1. The quantitative estimate of drug-likeness (QED) is 0.825. The predicted octanol–water partition coefficient (Wildman–Crippen LogP) is 2.12. The van der Waals surface area contributed by atoms with Crippen molar-refractivity contribution in [2.45, 2.75) is 38.3 Å². The molecule has 4 nitrogen and oxygen atoms in total. The monoisotopic (exact) mass is 263 g/mol. The van der Waals surface area contributed by atoms with E-state index in [2.05, 4.69) is 4.90 Å². The summed E-state index contributed by atoms with van der Waals surface area (Å²) in [5.41, 5.74) is 1.33. The molecule has 1 aromatic rings. The lowest BCUT2D eigenvalue weighted by Gasteiger charge is -2.28. The third kappa shape index (κ3) is 3.78. The van der Waals surface area contributed by atoms with Gasteiger partial charge in [0, 0.05) is 19.1 Å². The molecule has 104 valence electrons. The lowest BCUT2D eigenvalue weighted by Crippen LogP contribution is -2.35. The molecule has 0 bridgehead atoms. The molecule has 4 heteroatoms. The summed E-state index contributed by atoms with van der Waals surface area (Å²) in [4.78, 5) is 13.2. The number of aliphatic hydroxyl groups excluding tert-OH is 1. The van der Waals surface area contributed by atoms with Crippen LogP contribution in [0.4, 0.5) is 0 Å². The third-order valence-corrected chi connectivity index (χ3v) is 3.79. The zero-order valence-corrected chi connectivity index (χ0v) is 11.1. The average molecular weight is 263 g/mol. The number of rotatable bonds is 6. The van der Waals surface area contributed by atoms with Crippen molar-refractivity contribution in [2.75, 3.05) is 13.2 Å². The third-order valence-electron chi connectivity index (χ3n) is 3.79. The van der Waals surface area contributed by atoms with Crippen LogP contribution in [0.3, 0.4) is 0 Å². The molecule has 0 amide bonds. The highest BCUT2D eigenvalue weighted by atomic mass is 16.4. The van der Waals surface area contributed by atoms with Crippen LogP contribution in [0.1, 0.15) is 41.6 Å². The number of benzene rings is 1. The standard InChI is InChI=1S/C15H21NO3/c17-9-8-16(14-6-1-2-7-14)11-12-4-3-5-13(10-12)15(18)19/h3-5,10,14,17H,1-2,6-9,11H2,(H,18,19). The van der Waals surface area contributed by atoms with Gasteiger partial charge >= 0.3 is 5.97 Å². The maximum Gasteiger partial charge on any atom is 0.335 e. The normalized spacial score (nSPS) is 16.1. The molecule has 2 rings (SSSR count). The fourth-order valence-electron chi connectivity index (χ4n) is 2.83.